The lowest BCUT2D eigenvalue weighted by molar-refractivity contribution is -0.123. The maximum atomic E-state index is 12.6. The Balaban J connectivity index is 1.55. The van der Waals surface area contributed by atoms with Crippen molar-refractivity contribution in [2.75, 3.05) is 6.54 Å². The average Bonchev–Trinajstić information content (AvgIpc) is 3.19. The van der Waals surface area contributed by atoms with Crippen LogP contribution in [0.3, 0.4) is 0 Å². The van der Waals surface area contributed by atoms with Crippen molar-refractivity contribution in [3.8, 4) is 0 Å². The number of hydrogen-bond acceptors (Lipinski definition) is 6. The van der Waals surface area contributed by atoms with Gasteiger partial charge in [0.2, 0.25) is 11.8 Å². The molecule has 3 rings (SSSR count). The first-order valence-corrected chi connectivity index (χ1v) is 12.2. The number of hydrogen-bond donors (Lipinski definition) is 2. The number of aromatic nitrogens is 2. The number of nitrogens with one attached hydrogen (secondary N) is 2. The molecule has 2 aromatic rings. The fourth-order valence-electron chi connectivity index (χ4n) is 4.83. The minimum atomic E-state index is -0.0649. The second-order valence-corrected chi connectivity index (χ2v) is 11.8. The molecule has 0 radical (unpaired) electrons. The summed E-state index contributed by atoms with van der Waals surface area (Å²) in [5, 5.41) is 12.2. The smallest absolute Gasteiger partial charge is 0.226 e. The van der Waals surface area contributed by atoms with E-state index in [0.717, 1.165) is 40.7 Å². The van der Waals surface area contributed by atoms with E-state index in [1.807, 2.05) is 24.6 Å². The van der Waals surface area contributed by atoms with Crippen LogP contribution >= 0.6 is 22.7 Å². The Labute approximate surface area is 186 Å². The monoisotopic (exact) mass is 448 g/mol. The van der Waals surface area contributed by atoms with Gasteiger partial charge < -0.3 is 10.6 Å². The second kappa shape index (κ2) is 9.14. The molecule has 1 aliphatic carbocycles. The molecule has 1 aliphatic rings. The molecule has 0 saturated heterocycles. The Morgan fingerprint density at radius 2 is 1.57 bits per heavy atom. The third-order valence-electron chi connectivity index (χ3n) is 5.54. The SMILES string of the molecule is Cc1nc(CC(=O)NCC2(C)CC(NC(=O)Cc3csc(C)n3)CC(C)(C)C2)cs1. The van der Waals surface area contributed by atoms with Gasteiger partial charge in [0, 0.05) is 23.3 Å². The minimum absolute atomic E-state index is 0.00407. The zero-order chi connectivity index (χ0) is 21.9. The summed E-state index contributed by atoms with van der Waals surface area (Å²) in [4.78, 5) is 33.7. The summed E-state index contributed by atoms with van der Waals surface area (Å²) in [6.45, 7) is 11.2. The van der Waals surface area contributed by atoms with Crippen LogP contribution < -0.4 is 10.6 Å². The van der Waals surface area contributed by atoms with Crippen molar-refractivity contribution in [2.24, 2.45) is 10.8 Å². The van der Waals surface area contributed by atoms with Crippen LogP contribution in [0.15, 0.2) is 10.8 Å². The molecule has 0 aliphatic heterocycles. The van der Waals surface area contributed by atoms with Crippen molar-refractivity contribution in [1.29, 1.82) is 0 Å². The summed E-state index contributed by atoms with van der Waals surface area (Å²) < 4.78 is 0. The Kier molecular flexibility index (Phi) is 6.97. The predicted octanol–water partition coefficient (Wildman–Crippen LogP) is 3.82. The summed E-state index contributed by atoms with van der Waals surface area (Å²) >= 11 is 3.13. The summed E-state index contributed by atoms with van der Waals surface area (Å²) in [6, 6.07) is 0.101. The molecule has 2 heterocycles. The van der Waals surface area contributed by atoms with Crippen LogP contribution in [0.5, 0.6) is 0 Å². The number of amides is 2. The summed E-state index contributed by atoms with van der Waals surface area (Å²) in [5.74, 6) is 0.0256. The lowest BCUT2D eigenvalue weighted by Gasteiger charge is -2.47. The minimum Gasteiger partial charge on any atom is -0.355 e. The zero-order valence-corrected chi connectivity index (χ0v) is 20.1. The van der Waals surface area contributed by atoms with Gasteiger partial charge in [-0.15, -0.1) is 22.7 Å². The van der Waals surface area contributed by atoms with E-state index in [-0.39, 0.29) is 28.7 Å². The number of nitrogens with zero attached hydrogens (tertiary/aromatic N) is 2. The Morgan fingerprint density at radius 3 is 2.10 bits per heavy atom. The highest BCUT2D eigenvalue weighted by atomic mass is 32.1. The van der Waals surface area contributed by atoms with E-state index in [2.05, 4.69) is 41.4 Å². The van der Waals surface area contributed by atoms with Crippen molar-refractivity contribution < 1.29 is 9.59 Å². The van der Waals surface area contributed by atoms with E-state index in [9.17, 15) is 9.59 Å². The van der Waals surface area contributed by atoms with E-state index >= 15 is 0 Å². The molecule has 1 fully saturated rings. The summed E-state index contributed by atoms with van der Waals surface area (Å²) in [7, 11) is 0. The van der Waals surface area contributed by atoms with Crippen molar-refractivity contribution in [2.45, 2.75) is 72.8 Å². The second-order valence-electron chi connectivity index (χ2n) is 9.67. The Morgan fingerprint density at radius 1 is 1.00 bits per heavy atom. The fourth-order valence-corrected chi connectivity index (χ4v) is 6.06. The highest BCUT2D eigenvalue weighted by Gasteiger charge is 2.41. The molecular formula is C22H32N4O2S2. The maximum absolute atomic E-state index is 12.6. The molecule has 0 aromatic carbocycles. The van der Waals surface area contributed by atoms with Gasteiger partial charge in [0.15, 0.2) is 0 Å². The normalized spacial score (nSPS) is 23.2. The summed E-state index contributed by atoms with van der Waals surface area (Å²) in [5.41, 5.74) is 1.69. The first-order chi connectivity index (χ1) is 14.0. The van der Waals surface area contributed by atoms with E-state index in [4.69, 9.17) is 0 Å². The van der Waals surface area contributed by atoms with Gasteiger partial charge in [0.05, 0.1) is 34.2 Å². The fraction of sp³-hybridized carbons (Fsp3) is 0.636. The molecule has 30 heavy (non-hydrogen) atoms. The largest absolute Gasteiger partial charge is 0.355 e. The molecule has 2 amide bonds. The van der Waals surface area contributed by atoms with Crippen molar-refractivity contribution in [1.82, 2.24) is 20.6 Å². The van der Waals surface area contributed by atoms with E-state index in [1.165, 1.54) is 0 Å². The van der Waals surface area contributed by atoms with E-state index in [1.54, 1.807) is 22.7 Å². The van der Waals surface area contributed by atoms with Crippen LogP contribution in [0.1, 0.15) is 61.4 Å². The molecule has 1 saturated carbocycles. The number of carbonyl (C=O) groups excluding carboxylic acids is 2. The lowest BCUT2D eigenvalue weighted by atomic mass is 9.62. The van der Waals surface area contributed by atoms with Gasteiger partial charge in [-0.3, -0.25) is 9.59 Å². The maximum Gasteiger partial charge on any atom is 0.226 e. The third kappa shape index (κ3) is 6.60. The van der Waals surface area contributed by atoms with Crippen LogP contribution in [0, 0.1) is 24.7 Å². The molecule has 164 valence electrons. The van der Waals surface area contributed by atoms with Crippen molar-refractivity contribution in [3.63, 3.8) is 0 Å². The van der Waals surface area contributed by atoms with Gasteiger partial charge in [-0.25, -0.2) is 9.97 Å². The van der Waals surface area contributed by atoms with Gasteiger partial charge in [-0.05, 0) is 43.9 Å². The Hall–Kier alpha value is -1.80. The molecule has 2 N–H and O–H groups in total. The zero-order valence-electron chi connectivity index (χ0n) is 18.5. The van der Waals surface area contributed by atoms with Crippen LogP contribution in [0.4, 0.5) is 0 Å². The first kappa shape index (κ1) is 22.9. The Bertz CT molecular complexity index is 905. The molecule has 2 aromatic heterocycles. The van der Waals surface area contributed by atoms with E-state index in [0.29, 0.717) is 19.4 Å². The van der Waals surface area contributed by atoms with Crippen LogP contribution in [-0.4, -0.2) is 34.4 Å². The van der Waals surface area contributed by atoms with Gasteiger partial charge in [0.25, 0.3) is 0 Å². The quantitative estimate of drug-likeness (QED) is 0.674. The topological polar surface area (TPSA) is 84.0 Å². The first-order valence-electron chi connectivity index (χ1n) is 10.4. The molecule has 0 bridgehead atoms. The average molecular weight is 449 g/mol. The van der Waals surface area contributed by atoms with E-state index < -0.39 is 0 Å². The van der Waals surface area contributed by atoms with Crippen molar-refractivity contribution >= 4 is 34.5 Å². The highest BCUT2D eigenvalue weighted by molar-refractivity contribution is 7.09. The van der Waals surface area contributed by atoms with Gasteiger partial charge >= 0.3 is 0 Å². The number of thiazole rings is 2. The van der Waals surface area contributed by atoms with Crippen molar-refractivity contribution in [3.05, 3.63) is 32.2 Å². The number of rotatable bonds is 7. The lowest BCUT2D eigenvalue weighted by Crippen LogP contribution is -2.50. The van der Waals surface area contributed by atoms with Crippen LogP contribution in [0.2, 0.25) is 0 Å². The highest BCUT2D eigenvalue weighted by Crippen LogP contribution is 2.45. The molecular weight excluding hydrogens is 416 g/mol. The number of carbonyl (C=O) groups is 2. The predicted molar refractivity (Wildman–Crippen MR) is 122 cm³/mol. The van der Waals surface area contributed by atoms with Gasteiger partial charge in [0.1, 0.15) is 0 Å². The summed E-state index contributed by atoms with van der Waals surface area (Å²) in [6.07, 6.45) is 3.44. The van der Waals surface area contributed by atoms with Gasteiger partial charge in [-0.1, -0.05) is 20.8 Å². The van der Waals surface area contributed by atoms with Gasteiger partial charge in [-0.2, -0.15) is 0 Å². The molecule has 2 atom stereocenters. The number of aryl methyl sites for hydroxylation is 2. The van der Waals surface area contributed by atoms with Crippen LogP contribution in [-0.2, 0) is 22.4 Å². The molecule has 2 unspecified atom stereocenters. The molecule has 0 spiro atoms. The van der Waals surface area contributed by atoms with Crippen LogP contribution in [0.25, 0.3) is 0 Å². The molecule has 8 heteroatoms. The standard InChI is InChI=1S/C22H32N4O2S2/c1-14-24-16(10-29-14)6-19(27)23-13-22(5)9-18(8-21(3,4)12-22)26-20(28)7-17-11-30-15(2)25-17/h10-11,18H,6-9,12-13H2,1-5H3,(H,23,27)(H,26,28). The third-order valence-corrected chi connectivity index (χ3v) is 7.18. The molecule has 6 nitrogen and oxygen atoms in total.